The van der Waals surface area contributed by atoms with Gasteiger partial charge >= 0.3 is 0 Å². The molecule has 2 rings (SSSR count). The first-order valence-corrected chi connectivity index (χ1v) is 6.38. The number of nitrogens with one attached hydrogen (secondary N) is 1. The Hall–Kier alpha value is -1.84. The molecule has 1 aromatic carbocycles. The van der Waals surface area contributed by atoms with E-state index in [0.29, 0.717) is 18.3 Å². The Bertz CT molecular complexity index is 497. The molecule has 0 saturated heterocycles. The second-order valence-electron chi connectivity index (χ2n) is 4.23. The zero-order valence-electron chi connectivity index (χ0n) is 11.2. The summed E-state index contributed by atoms with van der Waals surface area (Å²) >= 11 is 0. The van der Waals surface area contributed by atoms with Crippen LogP contribution in [-0.4, -0.2) is 10.2 Å². The first kappa shape index (κ1) is 12.6. The topological polar surface area (TPSA) is 51.0 Å². The van der Waals surface area contributed by atoms with Crippen molar-refractivity contribution in [3.05, 3.63) is 41.1 Å². The molecule has 0 aliphatic heterocycles. The number of rotatable bonds is 5. The van der Waals surface area contributed by atoms with Gasteiger partial charge < -0.3 is 9.73 Å². The van der Waals surface area contributed by atoms with Gasteiger partial charge in [0, 0.05) is 12.6 Å². The zero-order chi connectivity index (χ0) is 13.0. The number of nitrogens with zero attached hydrogens (tertiary/aromatic N) is 2. The van der Waals surface area contributed by atoms with Crippen molar-refractivity contribution in [2.75, 3.05) is 5.32 Å². The van der Waals surface area contributed by atoms with E-state index in [1.54, 1.807) is 6.92 Å². The fourth-order valence-electron chi connectivity index (χ4n) is 2.04. The van der Waals surface area contributed by atoms with E-state index in [0.717, 1.165) is 12.8 Å². The predicted octanol–water partition coefficient (Wildman–Crippen LogP) is 3.11. The summed E-state index contributed by atoms with van der Waals surface area (Å²) in [6, 6.07) is 6.42. The van der Waals surface area contributed by atoms with Crippen LogP contribution in [0.4, 0.5) is 5.69 Å². The van der Waals surface area contributed by atoms with E-state index in [4.69, 9.17) is 4.42 Å². The number of hydrogen-bond donors (Lipinski definition) is 1. The second kappa shape index (κ2) is 5.67. The molecule has 0 aliphatic rings. The van der Waals surface area contributed by atoms with Crippen molar-refractivity contribution in [3.8, 4) is 0 Å². The molecule has 4 heteroatoms. The fraction of sp³-hybridized carbons (Fsp3) is 0.429. The maximum atomic E-state index is 5.37. The van der Waals surface area contributed by atoms with E-state index >= 15 is 0 Å². The van der Waals surface area contributed by atoms with Gasteiger partial charge in [0.1, 0.15) is 0 Å². The highest BCUT2D eigenvalue weighted by molar-refractivity contribution is 5.57. The van der Waals surface area contributed by atoms with Gasteiger partial charge in [0.25, 0.3) is 0 Å². The van der Waals surface area contributed by atoms with Gasteiger partial charge in [0.05, 0.1) is 6.54 Å². The number of para-hydroxylation sites is 1. The normalized spacial score (nSPS) is 10.6. The maximum absolute atomic E-state index is 5.37. The number of aromatic nitrogens is 2. The molecule has 0 bridgehead atoms. The number of aryl methyl sites for hydroxylation is 3. The van der Waals surface area contributed by atoms with Crippen LogP contribution in [0.2, 0.25) is 0 Å². The molecule has 1 aromatic heterocycles. The average molecular weight is 245 g/mol. The van der Waals surface area contributed by atoms with E-state index in [-0.39, 0.29) is 0 Å². The Labute approximate surface area is 107 Å². The number of hydrogen-bond acceptors (Lipinski definition) is 4. The molecule has 96 valence electrons. The largest absolute Gasteiger partial charge is 0.424 e. The molecule has 0 atom stereocenters. The van der Waals surface area contributed by atoms with Crippen LogP contribution in [0.5, 0.6) is 0 Å². The molecule has 2 aromatic rings. The van der Waals surface area contributed by atoms with E-state index < -0.39 is 0 Å². The van der Waals surface area contributed by atoms with E-state index in [1.165, 1.54) is 16.8 Å². The van der Waals surface area contributed by atoms with Crippen LogP contribution in [0.15, 0.2) is 22.6 Å². The fourth-order valence-corrected chi connectivity index (χ4v) is 2.04. The van der Waals surface area contributed by atoms with Crippen molar-refractivity contribution < 1.29 is 4.42 Å². The van der Waals surface area contributed by atoms with Crippen molar-refractivity contribution in [1.82, 2.24) is 10.2 Å². The smallest absolute Gasteiger partial charge is 0.235 e. The van der Waals surface area contributed by atoms with Crippen LogP contribution in [0.1, 0.15) is 36.8 Å². The molecule has 1 heterocycles. The summed E-state index contributed by atoms with van der Waals surface area (Å²) in [4.78, 5) is 0. The average Bonchev–Trinajstić information content (AvgIpc) is 2.81. The van der Waals surface area contributed by atoms with Gasteiger partial charge in [-0.2, -0.15) is 0 Å². The van der Waals surface area contributed by atoms with Crippen LogP contribution in [-0.2, 0) is 19.4 Å². The zero-order valence-corrected chi connectivity index (χ0v) is 11.2. The van der Waals surface area contributed by atoms with E-state index in [2.05, 4.69) is 47.6 Å². The number of anilines is 1. The molecule has 0 saturated carbocycles. The quantitative estimate of drug-likeness (QED) is 0.879. The summed E-state index contributed by atoms with van der Waals surface area (Å²) in [5.41, 5.74) is 3.86. The molecule has 4 nitrogen and oxygen atoms in total. The van der Waals surface area contributed by atoms with Crippen molar-refractivity contribution in [1.29, 1.82) is 0 Å². The third-order valence-corrected chi connectivity index (χ3v) is 2.98. The van der Waals surface area contributed by atoms with Crippen molar-refractivity contribution in [2.24, 2.45) is 0 Å². The Morgan fingerprint density at radius 3 is 2.28 bits per heavy atom. The molecule has 0 spiro atoms. The lowest BCUT2D eigenvalue weighted by molar-refractivity contribution is 0.474. The lowest BCUT2D eigenvalue weighted by Crippen LogP contribution is -2.05. The Balaban J connectivity index is 2.17. The summed E-state index contributed by atoms with van der Waals surface area (Å²) in [6.45, 7) is 6.70. The summed E-state index contributed by atoms with van der Waals surface area (Å²) in [7, 11) is 0. The monoisotopic (exact) mass is 245 g/mol. The van der Waals surface area contributed by atoms with Gasteiger partial charge in [-0.25, -0.2) is 0 Å². The van der Waals surface area contributed by atoms with Gasteiger partial charge in [-0.15, -0.1) is 10.2 Å². The molecular weight excluding hydrogens is 226 g/mol. The minimum Gasteiger partial charge on any atom is -0.424 e. The Morgan fingerprint density at radius 1 is 1.11 bits per heavy atom. The van der Waals surface area contributed by atoms with Crippen LogP contribution in [0.3, 0.4) is 0 Å². The van der Waals surface area contributed by atoms with Gasteiger partial charge in [0.2, 0.25) is 11.8 Å². The van der Waals surface area contributed by atoms with Crippen LogP contribution in [0.25, 0.3) is 0 Å². The van der Waals surface area contributed by atoms with Crippen LogP contribution >= 0.6 is 0 Å². The minimum absolute atomic E-state index is 0.574. The van der Waals surface area contributed by atoms with Crippen molar-refractivity contribution >= 4 is 5.69 Å². The molecule has 18 heavy (non-hydrogen) atoms. The summed E-state index contributed by atoms with van der Waals surface area (Å²) in [5, 5.41) is 11.2. The Morgan fingerprint density at radius 2 is 1.78 bits per heavy atom. The summed E-state index contributed by atoms with van der Waals surface area (Å²) in [5.74, 6) is 1.23. The highest BCUT2D eigenvalue weighted by Gasteiger charge is 2.07. The van der Waals surface area contributed by atoms with Crippen molar-refractivity contribution in [3.63, 3.8) is 0 Å². The van der Waals surface area contributed by atoms with Gasteiger partial charge in [-0.3, -0.25) is 0 Å². The molecule has 0 radical (unpaired) electrons. The van der Waals surface area contributed by atoms with E-state index in [9.17, 15) is 0 Å². The van der Waals surface area contributed by atoms with E-state index in [1.807, 2.05) is 0 Å². The third kappa shape index (κ3) is 2.70. The first-order valence-electron chi connectivity index (χ1n) is 6.38. The third-order valence-electron chi connectivity index (χ3n) is 2.98. The molecule has 0 aliphatic carbocycles. The highest BCUT2D eigenvalue weighted by atomic mass is 16.4. The lowest BCUT2D eigenvalue weighted by atomic mass is 10.0. The van der Waals surface area contributed by atoms with Crippen LogP contribution < -0.4 is 5.32 Å². The molecular formula is C14H19N3O. The standard InChI is InChI=1S/C14H19N3O/c1-4-11-7-6-8-12(5-2)14(11)15-9-13-17-16-10(3)18-13/h6-8,15H,4-5,9H2,1-3H3. The Kier molecular flexibility index (Phi) is 3.97. The molecule has 0 amide bonds. The SMILES string of the molecule is CCc1cccc(CC)c1NCc1nnc(C)o1. The molecule has 0 fully saturated rings. The molecule has 1 N–H and O–H groups in total. The predicted molar refractivity (Wildman–Crippen MR) is 71.6 cm³/mol. The van der Waals surface area contributed by atoms with Crippen molar-refractivity contribution in [2.45, 2.75) is 40.2 Å². The number of benzene rings is 1. The summed E-state index contributed by atoms with van der Waals surface area (Å²) in [6.07, 6.45) is 2.03. The van der Waals surface area contributed by atoms with Gasteiger partial charge in [0.15, 0.2) is 0 Å². The van der Waals surface area contributed by atoms with Crippen LogP contribution in [0, 0.1) is 6.92 Å². The first-order chi connectivity index (χ1) is 8.74. The second-order valence-corrected chi connectivity index (χ2v) is 4.23. The van der Waals surface area contributed by atoms with Gasteiger partial charge in [-0.1, -0.05) is 32.0 Å². The highest BCUT2D eigenvalue weighted by Crippen LogP contribution is 2.23. The minimum atomic E-state index is 0.574. The van der Waals surface area contributed by atoms with Gasteiger partial charge in [-0.05, 0) is 24.0 Å². The molecule has 0 unspecified atom stereocenters. The lowest BCUT2D eigenvalue weighted by Gasteiger charge is -2.14. The summed E-state index contributed by atoms with van der Waals surface area (Å²) < 4.78 is 5.37. The maximum Gasteiger partial charge on any atom is 0.235 e.